The SMILES string of the molecule is O=C(NCC(O)c1ccc([N+](=O)[O-])cc1)c1ccccc1C(=O)c1ccc(F)cc1. The summed E-state index contributed by atoms with van der Waals surface area (Å²) in [6, 6.07) is 16.5. The third-order valence-corrected chi connectivity index (χ3v) is 4.47. The van der Waals surface area contributed by atoms with E-state index < -0.39 is 28.5 Å². The minimum absolute atomic E-state index is 0.108. The summed E-state index contributed by atoms with van der Waals surface area (Å²) in [5.74, 6) is -1.48. The van der Waals surface area contributed by atoms with Crippen molar-refractivity contribution in [3.8, 4) is 0 Å². The second-order valence-corrected chi connectivity index (χ2v) is 6.46. The number of rotatable bonds is 7. The summed E-state index contributed by atoms with van der Waals surface area (Å²) in [5.41, 5.74) is 0.788. The minimum atomic E-state index is -1.09. The van der Waals surface area contributed by atoms with Gasteiger partial charge in [-0.2, -0.15) is 0 Å². The average Bonchev–Trinajstić information content (AvgIpc) is 2.77. The zero-order chi connectivity index (χ0) is 21.7. The van der Waals surface area contributed by atoms with Crippen LogP contribution in [0.25, 0.3) is 0 Å². The van der Waals surface area contributed by atoms with Gasteiger partial charge in [0.2, 0.25) is 0 Å². The predicted octanol–water partition coefficient (Wildman–Crippen LogP) is 3.43. The molecule has 0 saturated carbocycles. The molecule has 0 bridgehead atoms. The van der Waals surface area contributed by atoms with Crippen molar-refractivity contribution in [2.75, 3.05) is 6.54 Å². The first-order valence-electron chi connectivity index (χ1n) is 8.96. The third-order valence-electron chi connectivity index (χ3n) is 4.47. The molecule has 2 N–H and O–H groups in total. The molecule has 0 aliphatic rings. The first kappa shape index (κ1) is 20.8. The Bertz CT molecular complexity index is 1080. The maximum atomic E-state index is 13.1. The average molecular weight is 408 g/mol. The number of aliphatic hydroxyl groups is 1. The van der Waals surface area contributed by atoms with Crippen molar-refractivity contribution in [3.05, 3.63) is 111 Å². The molecule has 0 aliphatic carbocycles. The number of nitro benzene ring substituents is 1. The van der Waals surface area contributed by atoms with E-state index in [1.165, 1.54) is 48.5 Å². The van der Waals surface area contributed by atoms with Crippen LogP contribution < -0.4 is 5.32 Å². The van der Waals surface area contributed by atoms with Gasteiger partial charge in [0.05, 0.1) is 16.6 Å². The lowest BCUT2D eigenvalue weighted by atomic mass is 9.98. The summed E-state index contributed by atoms with van der Waals surface area (Å²) in [6.45, 7) is -0.157. The standard InChI is InChI=1S/C22H17FN2O5/c23-16-9-5-15(6-10-16)21(27)18-3-1-2-4-19(18)22(28)24-13-20(26)14-7-11-17(12-8-14)25(29)30/h1-12,20,26H,13H2,(H,24,28). The Balaban J connectivity index is 1.72. The largest absolute Gasteiger partial charge is 0.387 e. The van der Waals surface area contributed by atoms with Crippen LogP contribution in [0.2, 0.25) is 0 Å². The minimum Gasteiger partial charge on any atom is -0.387 e. The van der Waals surface area contributed by atoms with E-state index in [2.05, 4.69) is 5.32 Å². The Morgan fingerprint density at radius 2 is 1.57 bits per heavy atom. The summed E-state index contributed by atoms with van der Waals surface area (Å²) in [6.07, 6.45) is -1.09. The van der Waals surface area contributed by atoms with Crippen molar-refractivity contribution < 1.29 is 24.0 Å². The van der Waals surface area contributed by atoms with E-state index in [4.69, 9.17) is 0 Å². The number of non-ortho nitro benzene ring substituents is 1. The van der Waals surface area contributed by atoms with Gasteiger partial charge in [0.25, 0.3) is 11.6 Å². The summed E-state index contributed by atoms with van der Waals surface area (Å²) in [5, 5.41) is 23.5. The Labute approximate surface area is 170 Å². The maximum Gasteiger partial charge on any atom is 0.269 e. The van der Waals surface area contributed by atoms with Gasteiger partial charge in [0.1, 0.15) is 5.82 Å². The number of amides is 1. The predicted molar refractivity (Wildman–Crippen MR) is 107 cm³/mol. The zero-order valence-electron chi connectivity index (χ0n) is 15.6. The molecule has 1 atom stereocenters. The van der Waals surface area contributed by atoms with Crippen LogP contribution in [0.3, 0.4) is 0 Å². The van der Waals surface area contributed by atoms with E-state index in [0.717, 1.165) is 12.1 Å². The highest BCUT2D eigenvalue weighted by Gasteiger charge is 2.19. The van der Waals surface area contributed by atoms with Gasteiger partial charge in [-0.15, -0.1) is 0 Å². The number of carbonyl (C=O) groups excluding carboxylic acids is 2. The lowest BCUT2D eigenvalue weighted by Gasteiger charge is -2.14. The molecule has 30 heavy (non-hydrogen) atoms. The molecule has 3 aromatic carbocycles. The van der Waals surface area contributed by atoms with Gasteiger partial charge in [-0.1, -0.05) is 18.2 Å². The van der Waals surface area contributed by atoms with Crippen LogP contribution in [0.1, 0.15) is 37.9 Å². The van der Waals surface area contributed by atoms with Crippen LogP contribution in [-0.4, -0.2) is 28.3 Å². The fourth-order valence-electron chi connectivity index (χ4n) is 2.86. The number of benzene rings is 3. The van der Waals surface area contributed by atoms with Gasteiger partial charge in [-0.05, 0) is 48.0 Å². The molecule has 0 aromatic heterocycles. The number of hydrogen-bond donors (Lipinski definition) is 2. The van der Waals surface area contributed by atoms with Crippen LogP contribution in [0.5, 0.6) is 0 Å². The van der Waals surface area contributed by atoms with Crippen LogP contribution in [-0.2, 0) is 0 Å². The Hall–Kier alpha value is -3.91. The molecule has 0 spiro atoms. The van der Waals surface area contributed by atoms with Gasteiger partial charge in [-0.3, -0.25) is 19.7 Å². The fourth-order valence-corrected chi connectivity index (χ4v) is 2.86. The lowest BCUT2D eigenvalue weighted by molar-refractivity contribution is -0.384. The van der Waals surface area contributed by atoms with Crippen LogP contribution in [0.4, 0.5) is 10.1 Å². The third kappa shape index (κ3) is 4.73. The zero-order valence-corrected chi connectivity index (χ0v) is 15.6. The highest BCUT2D eigenvalue weighted by molar-refractivity contribution is 6.15. The molecule has 1 amide bonds. The van der Waals surface area contributed by atoms with Crippen molar-refractivity contribution in [1.82, 2.24) is 5.32 Å². The van der Waals surface area contributed by atoms with Crippen LogP contribution in [0.15, 0.2) is 72.8 Å². The van der Waals surface area contributed by atoms with E-state index in [1.54, 1.807) is 12.1 Å². The summed E-state index contributed by atoms with van der Waals surface area (Å²) in [4.78, 5) is 35.5. The van der Waals surface area contributed by atoms with Crippen molar-refractivity contribution in [2.45, 2.75) is 6.10 Å². The van der Waals surface area contributed by atoms with E-state index in [0.29, 0.717) is 5.56 Å². The molecule has 3 aromatic rings. The number of nitro groups is 1. The van der Waals surface area contributed by atoms with E-state index >= 15 is 0 Å². The summed E-state index contributed by atoms with van der Waals surface area (Å²) in [7, 11) is 0. The normalized spacial score (nSPS) is 11.5. The number of carbonyl (C=O) groups is 2. The molecular formula is C22H17FN2O5. The smallest absolute Gasteiger partial charge is 0.269 e. The molecule has 3 rings (SSSR count). The highest BCUT2D eigenvalue weighted by atomic mass is 19.1. The van der Waals surface area contributed by atoms with Gasteiger partial charge < -0.3 is 10.4 Å². The maximum absolute atomic E-state index is 13.1. The highest BCUT2D eigenvalue weighted by Crippen LogP contribution is 2.18. The quantitative estimate of drug-likeness (QED) is 0.354. The molecule has 7 nitrogen and oxygen atoms in total. The number of nitrogens with zero attached hydrogens (tertiary/aromatic N) is 1. The van der Waals surface area contributed by atoms with Gasteiger partial charge >= 0.3 is 0 Å². The van der Waals surface area contributed by atoms with Gasteiger partial charge in [-0.25, -0.2) is 4.39 Å². The Kier molecular flexibility index (Phi) is 6.29. The number of halogens is 1. The van der Waals surface area contributed by atoms with Crippen LogP contribution in [0, 0.1) is 15.9 Å². The molecule has 0 fully saturated rings. The molecule has 0 saturated heterocycles. The molecular weight excluding hydrogens is 391 g/mol. The van der Waals surface area contributed by atoms with E-state index in [-0.39, 0.29) is 28.9 Å². The van der Waals surface area contributed by atoms with E-state index in [9.17, 15) is 29.2 Å². The number of nitrogens with one attached hydrogen (secondary N) is 1. The number of ketones is 1. The van der Waals surface area contributed by atoms with Crippen LogP contribution >= 0.6 is 0 Å². The monoisotopic (exact) mass is 408 g/mol. The second kappa shape index (κ2) is 9.06. The fraction of sp³-hybridized carbons (Fsp3) is 0.0909. The molecule has 0 heterocycles. The number of hydrogen-bond acceptors (Lipinski definition) is 5. The van der Waals surface area contributed by atoms with E-state index in [1.807, 2.05) is 0 Å². The lowest BCUT2D eigenvalue weighted by Crippen LogP contribution is -2.29. The Morgan fingerprint density at radius 1 is 0.967 bits per heavy atom. The first-order valence-corrected chi connectivity index (χ1v) is 8.96. The van der Waals surface area contributed by atoms with Crippen molar-refractivity contribution in [3.63, 3.8) is 0 Å². The Morgan fingerprint density at radius 3 is 2.17 bits per heavy atom. The first-order chi connectivity index (χ1) is 14.4. The second-order valence-electron chi connectivity index (χ2n) is 6.46. The molecule has 0 radical (unpaired) electrons. The summed E-state index contributed by atoms with van der Waals surface area (Å²) >= 11 is 0. The summed E-state index contributed by atoms with van der Waals surface area (Å²) < 4.78 is 13.1. The number of aliphatic hydroxyl groups excluding tert-OH is 1. The van der Waals surface area contributed by atoms with Crippen molar-refractivity contribution in [2.24, 2.45) is 0 Å². The topological polar surface area (TPSA) is 110 Å². The molecule has 0 aliphatic heterocycles. The molecule has 152 valence electrons. The van der Waals surface area contributed by atoms with Crippen molar-refractivity contribution >= 4 is 17.4 Å². The van der Waals surface area contributed by atoms with Gasteiger partial charge in [0.15, 0.2) is 5.78 Å². The molecule has 1 unspecified atom stereocenters. The van der Waals surface area contributed by atoms with Gasteiger partial charge in [0, 0.05) is 29.8 Å². The van der Waals surface area contributed by atoms with Crippen molar-refractivity contribution in [1.29, 1.82) is 0 Å². The molecule has 8 heteroatoms.